The van der Waals surface area contributed by atoms with Crippen molar-refractivity contribution in [3.05, 3.63) is 62.6 Å². The quantitative estimate of drug-likeness (QED) is 0.680. The van der Waals surface area contributed by atoms with Gasteiger partial charge in [0.2, 0.25) is 0 Å². The number of hydrogen-bond donors (Lipinski definition) is 1. The van der Waals surface area contributed by atoms with Gasteiger partial charge in [0.05, 0.1) is 22.2 Å². The fraction of sp³-hybridized carbons (Fsp3) is 0.118. The first kappa shape index (κ1) is 18.5. The van der Waals surface area contributed by atoms with E-state index in [2.05, 4.69) is 0 Å². The Bertz CT molecular complexity index is 788. The molecule has 0 unspecified atom stereocenters. The lowest BCUT2D eigenvalue weighted by molar-refractivity contribution is -0.131. The molecular formula is C17H13Cl3O4. The highest BCUT2D eigenvalue weighted by Gasteiger charge is 2.12. The number of aliphatic carboxylic acids is 1. The monoisotopic (exact) mass is 386 g/mol. The Balaban J connectivity index is 2.22. The zero-order chi connectivity index (χ0) is 17.7. The molecule has 0 aliphatic heterocycles. The van der Waals surface area contributed by atoms with Crippen LogP contribution in [0.15, 0.2) is 36.4 Å². The van der Waals surface area contributed by atoms with Gasteiger partial charge in [-0.05, 0) is 41.5 Å². The van der Waals surface area contributed by atoms with Gasteiger partial charge in [0.25, 0.3) is 0 Å². The van der Waals surface area contributed by atoms with Gasteiger partial charge in [0.1, 0.15) is 6.61 Å². The van der Waals surface area contributed by atoms with E-state index in [0.717, 1.165) is 11.6 Å². The first-order valence-corrected chi connectivity index (χ1v) is 7.89. The average molecular weight is 388 g/mol. The number of ether oxygens (including phenoxy) is 2. The molecule has 0 saturated heterocycles. The van der Waals surface area contributed by atoms with E-state index in [-0.39, 0.29) is 6.61 Å². The van der Waals surface area contributed by atoms with Crippen molar-refractivity contribution >= 4 is 46.8 Å². The number of hydrogen-bond acceptors (Lipinski definition) is 3. The van der Waals surface area contributed by atoms with Gasteiger partial charge < -0.3 is 14.6 Å². The smallest absolute Gasteiger partial charge is 0.328 e. The predicted octanol–water partition coefficient (Wildman–Crippen LogP) is 5.33. The number of methoxy groups -OCH3 is 1. The zero-order valence-corrected chi connectivity index (χ0v) is 14.8. The highest BCUT2D eigenvalue weighted by molar-refractivity contribution is 6.42. The molecule has 0 fully saturated rings. The minimum atomic E-state index is -1.05. The summed E-state index contributed by atoms with van der Waals surface area (Å²) in [6, 6.07) is 8.40. The van der Waals surface area contributed by atoms with Crippen molar-refractivity contribution in [2.75, 3.05) is 7.11 Å². The average Bonchev–Trinajstić information content (AvgIpc) is 2.54. The number of carbonyl (C=O) groups is 1. The van der Waals surface area contributed by atoms with Crippen LogP contribution >= 0.6 is 34.8 Å². The van der Waals surface area contributed by atoms with Crippen LogP contribution in [-0.4, -0.2) is 18.2 Å². The number of benzene rings is 2. The minimum Gasteiger partial charge on any atom is -0.493 e. The third-order valence-corrected chi connectivity index (χ3v) is 4.06. The Morgan fingerprint density at radius 3 is 2.50 bits per heavy atom. The highest BCUT2D eigenvalue weighted by atomic mass is 35.5. The Labute approximate surface area is 154 Å². The standard InChI is InChI=1S/C17H13Cl3O4/c1-23-15-8-10(3-5-16(21)22)6-14(20)17(15)24-9-11-2-4-12(18)13(19)7-11/h2-8H,9H2,1H3,(H,21,22)/b5-3+. The van der Waals surface area contributed by atoms with Gasteiger partial charge in [0, 0.05) is 6.08 Å². The molecule has 0 aromatic heterocycles. The van der Waals surface area contributed by atoms with Crippen molar-refractivity contribution in [1.29, 1.82) is 0 Å². The lowest BCUT2D eigenvalue weighted by Gasteiger charge is -2.13. The Morgan fingerprint density at radius 2 is 1.88 bits per heavy atom. The van der Waals surface area contributed by atoms with Crippen molar-refractivity contribution in [1.82, 2.24) is 0 Å². The van der Waals surface area contributed by atoms with Crippen molar-refractivity contribution in [3.63, 3.8) is 0 Å². The van der Waals surface area contributed by atoms with Gasteiger partial charge in [-0.25, -0.2) is 4.79 Å². The maximum atomic E-state index is 10.6. The zero-order valence-electron chi connectivity index (χ0n) is 12.6. The molecule has 0 atom stereocenters. The molecule has 0 saturated carbocycles. The summed E-state index contributed by atoms with van der Waals surface area (Å²) in [5, 5.41) is 9.89. The summed E-state index contributed by atoms with van der Waals surface area (Å²) in [5.74, 6) is -0.296. The van der Waals surface area contributed by atoms with Crippen LogP contribution in [0.2, 0.25) is 15.1 Å². The summed E-state index contributed by atoms with van der Waals surface area (Å²) in [5.41, 5.74) is 1.40. The van der Waals surface area contributed by atoms with Gasteiger partial charge in [-0.1, -0.05) is 40.9 Å². The summed E-state index contributed by atoms with van der Waals surface area (Å²) in [6.07, 6.45) is 2.43. The number of halogens is 3. The van der Waals surface area contributed by atoms with Crippen molar-refractivity contribution < 1.29 is 19.4 Å². The summed E-state index contributed by atoms with van der Waals surface area (Å²) in [7, 11) is 1.47. The van der Waals surface area contributed by atoms with E-state index >= 15 is 0 Å². The van der Waals surface area contributed by atoms with Gasteiger partial charge in [0.15, 0.2) is 11.5 Å². The Morgan fingerprint density at radius 1 is 1.12 bits per heavy atom. The highest BCUT2D eigenvalue weighted by Crippen LogP contribution is 2.37. The van der Waals surface area contributed by atoms with Crippen LogP contribution in [0.3, 0.4) is 0 Å². The topological polar surface area (TPSA) is 55.8 Å². The molecule has 7 heteroatoms. The van der Waals surface area contributed by atoms with Crippen LogP contribution < -0.4 is 9.47 Å². The molecule has 0 amide bonds. The van der Waals surface area contributed by atoms with Gasteiger partial charge in [-0.15, -0.1) is 0 Å². The molecule has 2 rings (SSSR count). The molecule has 0 spiro atoms. The fourth-order valence-corrected chi connectivity index (χ4v) is 2.52. The Kier molecular flexibility index (Phi) is 6.37. The number of rotatable bonds is 6. The normalized spacial score (nSPS) is 10.8. The molecule has 1 N–H and O–H groups in total. The van der Waals surface area contributed by atoms with E-state index in [1.165, 1.54) is 13.2 Å². The maximum Gasteiger partial charge on any atom is 0.328 e. The number of carboxylic acid groups (broad SMARTS) is 1. The van der Waals surface area contributed by atoms with E-state index in [0.29, 0.717) is 32.1 Å². The molecule has 0 radical (unpaired) electrons. The van der Waals surface area contributed by atoms with E-state index < -0.39 is 5.97 Å². The molecule has 4 nitrogen and oxygen atoms in total. The Hall–Kier alpha value is -1.88. The summed E-state index contributed by atoms with van der Waals surface area (Å²) in [4.78, 5) is 10.6. The summed E-state index contributed by atoms with van der Waals surface area (Å²) < 4.78 is 11.0. The molecule has 0 heterocycles. The minimum absolute atomic E-state index is 0.220. The van der Waals surface area contributed by atoms with Crippen LogP contribution in [0, 0.1) is 0 Å². The third-order valence-electron chi connectivity index (χ3n) is 3.04. The third kappa shape index (κ3) is 4.81. The molecule has 24 heavy (non-hydrogen) atoms. The second-order valence-electron chi connectivity index (χ2n) is 4.74. The van der Waals surface area contributed by atoms with Crippen molar-refractivity contribution in [2.45, 2.75) is 6.61 Å². The van der Waals surface area contributed by atoms with Crippen LogP contribution in [0.1, 0.15) is 11.1 Å². The van der Waals surface area contributed by atoms with E-state index in [1.54, 1.807) is 30.3 Å². The fourth-order valence-electron chi connectivity index (χ4n) is 1.93. The lowest BCUT2D eigenvalue weighted by atomic mass is 10.2. The molecule has 2 aromatic carbocycles. The first-order chi connectivity index (χ1) is 11.4. The first-order valence-electron chi connectivity index (χ1n) is 6.76. The van der Waals surface area contributed by atoms with Crippen LogP contribution in [0.4, 0.5) is 0 Å². The largest absolute Gasteiger partial charge is 0.493 e. The van der Waals surface area contributed by atoms with Gasteiger partial charge in [-0.2, -0.15) is 0 Å². The lowest BCUT2D eigenvalue weighted by Crippen LogP contribution is -1.99. The van der Waals surface area contributed by atoms with Crippen molar-refractivity contribution in [2.24, 2.45) is 0 Å². The van der Waals surface area contributed by atoms with E-state index in [1.807, 2.05) is 0 Å². The molecule has 0 aliphatic carbocycles. The summed E-state index contributed by atoms with van der Waals surface area (Å²) in [6.45, 7) is 0.220. The van der Waals surface area contributed by atoms with Crippen LogP contribution in [0.25, 0.3) is 6.08 Å². The van der Waals surface area contributed by atoms with Crippen LogP contribution in [0.5, 0.6) is 11.5 Å². The molecule has 126 valence electrons. The molecule has 0 bridgehead atoms. The molecule has 2 aromatic rings. The predicted molar refractivity (Wildman–Crippen MR) is 95.5 cm³/mol. The second kappa shape index (κ2) is 8.29. The second-order valence-corrected chi connectivity index (χ2v) is 5.96. The van der Waals surface area contributed by atoms with Crippen LogP contribution in [-0.2, 0) is 11.4 Å². The SMILES string of the molecule is COc1cc(/C=C/C(=O)O)cc(Cl)c1OCc1ccc(Cl)c(Cl)c1. The molecular weight excluding hydrogens is 375 g/mol. The van der Waals surface area contributed by atoms with E-state index in [9.17, 15) is 4.79 Å². The molecule has 0 aliphatic rings. The maximum absolute atomic E-state index is 10.6. The van der Waals surface area contributed by atoms with Gasteiger partial charge in [-0.3, -0.25) is 0 Å². The summed E-state index contributed by atoms with van der Waals surface area (Å²) >= 11 is 18.1. The van der Waals surface area contributed by atoms with Crippen molar-refractivity contribution in [3.8, 4) is 11.5 Å². The number of carboxylic acids is 1. The van der Waals surface area contributed by atoms with Gasteiger partial charge >= 0.3 is 5.97 Å². The van der Waals surface area contributed by atoms with E-state index in [4.69, 9.17) is 49.4 Å².